The molecule has 0 radical (unpaired) electrons. The first-order chi connectivity index (χ1) is 5.95. The Balaban J connectivity index is 3.41. The summed E-state index contributed by atoms with van der Waals surface area (Å²) in [5.41, 5.74) is 0.00733. The van der Waals surface area contributed by atoms with Crippen LogP contribution in [0.25, 0.3) is 0 Å². The minimum absolute atomic E-state index is 0.186. The molecular weight excluding hydrogens is 261 g/mol. The van der Waals surface area contributed by atoms with Crippen LogP contribution in [0.5, 0.6) is 0 Å². The zero-order chi connectivity index (χ0) is 10.2. The van der Waals surface area contributed by atoms with Gasteiger partial charge in [-0.15, -0.1) is 0 Å². The van der Waals surface area contributed by atoms with E-state index in [2.05, 4.69) is 15.9 Å². The van der Waals surface area contributed by atoms with Gasteiger partial charge in [-0.05, 0) is 28.9 Å². The van der Waals surface area contributed by atoms with Crippen LogP contribution in [0.2, 0.25) is 5.02 Å². The molecule has 2 nitrogen and oxygen atoms in total. The molecule has 1 rings (SSSR count). The standard InChI is InChI=1S/C7H6BBrClFO2/c1-3-6(10)5(9)2-4(7(3)11)8(12)13/h2,12-13H,1H3. The minimum atomic E-state index is -1.83. The van der Waals surface area contributed by atoms with E-state index in [-0.39, 0.29) is 16.0 Å². The molecule has 2 N–H and O–H groups in total. The topological polar surface area (TPSA) is 40.5 Å². The second-order valence-electron chi connectivity index (χ2n) is 2.57. The molecule has 0 saturated carbocycles. The molecule has 6 heteroatoms. The number of rotatable bonds is 1. The highest BCUT2D eigenvalue weighted by Crippen LogP contribution is 2.26. The zero-order valence-corrected chi connectivity index (χ0v) is 9.02. The van der Waals surface area contributed by atoms with E-state index in [4.69, 9.17) is 21.6 Å². The van der Waals surface area contributed by atoms with Crippen LogP contribution in [0.3, 0.4) is 0 Å². The average Bonchev–Trinajstić information content (AvgIpc) is 2.07. The van der Waals surface area contributed by atoms with Crippen molar-refractivity contribution in [2.75, 3.05) is 0 Å². The lowest BCUT2D eigenvalue weighted by molar-refractivity contribution is 0.423. The van der Waals surface area contributed by atoms with E-state index in [1.807, 2.05) is 0 Å². The quantitative estimate of drug-likeness (QED) is 0.593. The summed E-state index contributed by atoms with van der Waals surface area (Å²) in [6, 6.07) is 1.25. The van der Waals surface area contributed by atoms with Gasteiger partial charge in [0.05, 0.1) is 5.02 Å². The van der Waals surface area contributed by atoms with E-state index < -0.39 is 12.9 Å². The Morgan fingerprint density at radius 2 is 2.08 bits per heavy atom. The van der Waals surface area contributed by atoms with Gasteiger partial charge in [0, 0.05) is 15.5 Å². The SMILES string of the molecule is Cc1c(F)c(B(O)O)cc(Br)c1Cl. The summed E-state index contributed by atoms with van der Waals surface area (Å²) < 4.78 is 13.7. The highest BCUT2D eigenvalue weighted by Gasteiger charge is 2.21. The van der Waals surface area contributed by atoms with Crippen LogP contribution in [0.4, 0.5) is 4.39 Å². The maximum atomic E-state index is 13.3. The van der Waals surface area contributed by atoms with Crippen molar-refractivity contribution < 1.29 is 14.4 Å². The van der Waals surface area contributed by atoms with Gasteiger partial charge in [-0.1, -0.05) is 11.6 Å². The first-order valence-corrected chi connectivity index (χ1v) is 4.62. The Morgan fingerprint density at radius 1 is 1.54 bits per heavy atom. The van der Waals surface area contributed by atoms with E-state index >= 15 is 0 Å². The summed E-state index contributed by atoms with van der Waals surface area (Å²) >= 11 is 8.79. The molecule has 0 atom stereocenters. The lowest BCUT2D eigenvalue weighted by Crippen LogP contribution is -2.33. The number of hydrogen-bond donors (Lipinski definition) is 2. The van der Waals surface area contributed by atoms with Crippen LogP contribution < -0.4 is 5.46 Å². The Kier molecular flexibility index (Phi) is 3.35. The van der Waals surface area contributed by atoms with Crippen molar-refractivity contribution in [2.24, 2.45) is 0 Å². The molecule has 0 unspecified atom stereocenters. The van der Waals surface area contributed by atoms with Crippen LogP contribution >= 0.6 is 27.5 Å². The van der Waals surface area contributed by atoms with Gasteiger partial charge >= 0.3 is 7.12 Å². The second-order valence-corrected chi connectivity index (χ2v) is 3.81. The van der Waals surface area contributed by atoms with E-state index in [9.17, 15) is 4.39 Å². The van der Waals surface area contributed by atoms with Gasteiger partial charge in [0.1, 0.15) is 5.82 Å². The third-order valence-electron chi connectivity index (χ3n) is 1.68. The molecule has 0 bridgehead atoms. The molecule has 0 aliphatic rings. The molecule has 13 heavy (non-hydrogen) atoms. The van der Waals surface area contributed by atoms with Gasteiger partial charge in [0.25, 0.3) is 0 Å². The zero-order valence-electron chi connectivity index (χ0n) is 6.68. The van der Waals surface area contributed by atoms with Crippen LogP contribution in [0.15, 0.2) is 10.5 Å². The lowest BCUT2D eigenvalue weighted by atomic mass is 9.79. The summed E-state index contributed by atoms with van der Waals surface area (Å²) in [7, 11) is -1.83. The molecule has 0 amide bonds. The minimum Gasteiger partial charge on any atom is -0.423 e. The van der Waals surface area contributed by atoms with Gasteiger partial charge in [-0.2, -0.15) is 0 Å². The molecule has 0 aliphatic heterocycles. The fourth-order valence-electron chi connectivity index (χ4n) is 0.943. The van der Waals surface area contributed by atoms with Crippen molar-refractivity contribution >= 4 is 40.1 Å². The maximum Gasteiger partial charge on any atom is 0.491 e. The van der Waals surface area contributed by atoms with Crippen LogP contribution in [0, 0.1) is 12.7 Å². The van der Waals surface area contributed by atoms with E-state index in [1.54, 1.807) is 0 Å². The number of benzene rings is 1. The predicted molar refractivity (Wildman–Crippen MR) is 53.7 cm³/mol. The molecule has 1 aromatic carbocycles. The van der Waals surface area contributed by atoms with Crippen LogP contribution in [-0.2, 0) is 0 Å². The van der Waals surface area contributed by atoms with Gasteiger partial charge in [-0.25, -0.2) is 4.39 Å². The largest absolute Gasteiger partial charge is 0.491 e. The Labute approximate surface area is 88.6 Å². The van der Waals surface area contributed by atoms with E-state index in [0.717, 1.165) is 0 Å². The summed E-state index contributed by atoms with van der Waals surface area (Å²) in [4.78, 5) is 0. The van der Waals surface area contributed by atoms with E-state index in [1.165, 1.54) is 13.0 Å². The highest BCUT2D eigenvalue weighted by molar-refractivity contribution is 9.10. The van der Waals surface area contributed by atoms with Crippen LogP contribution in [0.1, 0.15) is 5.56 Å². The number of hydrogen-bond acceptors (Lipinski definition) is 2. The summed E-state index contributed by atoms with van der Waals surface area (Å²) in [5.74, 6) is -0.691. The van der Waals surface area contributed by atoms with Crippen molar-refractivity contribution in [3.05, 3.63) is 26.9 Å². The molecular formula is C7H6BBrClFO2. The molecule has 0 spiro atoms. The fraction of sp³-hybridized carbons (Fsp3) is 0.143. The third-order valence-corrected chi connectivity index (χ3v) is 3.02. The van der Waals surface area contributed by atoms with Crippen molar-refractivity contribution in [3.63, 3.8) is 0 Å². The van der Waals surface area contributed by atoms with Crippen molar-refractivity contribution in [3.8, 4) is 0 Å². The average molecular weight is 267 g/mol. The van der Waals surface area contributed by atoms with E-state index in [0.29, 0.717) is 4.47 Å². The first kappa shape index (κ1) is 11.0. The van der Waals surface area contributed by atoms with Crippen molar-refractivity contribution in [1.29, 1.82) is 0 Å². The normalized spacial score (nSPS) is 10.3. The third kappa shape index (κ3) is 2.04. The predicted octanol–water partition coefficient (Wildman–Crippen LogP) is 1.23. The Bertz CT molecular complexity index is 346. The lowest BCUT2D eigenvalue weighted by Gasteiger charge is -2.07. The summed E-state index contributed by atoms with van der Waals surface area (Å²) in [6.45, 7) is 1.47. The highest BCUT2D eigenvalue weighted by atomic mass is 79.9. The second kappa shape index (κ2) is 3.96. The fourth-order valence-corrected chi connectivity index (χ4v) is 1.62. The molecule has 0 heterocycles. The van der Waals surface area contributed by atoms with Gasteiger partial charge in [0.2, 0.25) is 0 Å². The van der Waals surface area contributed by atoms with Crippen molar-refractivity contribution in [2.45, 2.75) is 6.92 Å². The first-order valence-electron chi connectivity index (χ1n) is 3.45. The summed E-state index contributed by atoms with van der Waals surface area (Å²) in [5, 5.41) is 17.8. The molecule has 70 valence electrons. The summed E-state index contributed by atoms with van der Waals surface area (Å²) in [6.07, 6.45) is 0. The van der Waals surface area contributed by atoms with Crippen molar-refractivity contribution in [1.82, 2.24) is 0 Å². The molecule has 0 saturated heterocycles. The van der Waals surface area contributed by atoms with Gasteiger partial charge in [-0.3, -0.25) is 0 Å². The Morgan fingerprint density at radius 3 is 2.54 bits per heavy atom. The maximum absolute atomic E-state index is 13.3. The molecule has 1 aromatic rings. The Hall–Kier alpha value is -0.0951. The van der Waals surface area contributed by atoms with Gasteiger partial charge in [0.15, 0.2) is 0 Å². The van der Waals surface area contributed by atoms with Gasteiger partial charge < -0.3 is 10.0 Å². The van der Waals surface area contributed by atoms with Crippen LogP contribution in [-0.4, -0.2) is 17.2 Å². The molecule has 0 aromatic heterocycles. The molecule has 0 aliphatic carbocycles. The smallest absolute Gasteiger partial charge is 0.423 e. The molecule has 0 fully saturated rings. The number of halogens is 3. The monoisotopic (exact) mass is 266 g/mol.